The fourth-order valence-corrected chi connectivity index (χ4v) is 3.76. The lowest BCUT2D eigenvalue weighted by molar-refractivity contribution is 0.0720. The maximum Gasteiger partial charge on any atom is 0.276 e. The van der Waals surface area contributed by atoms with E-state index >= 15 is 0 Å². The zero-order chi connectivity index (χ0) is 20.0. The van der Waals surface area contributed by atoms with Crippen molar-refractivity contribution < 1.29 is 23.3 Å². The van der Waals surface area contributed by atoms with Crippen molar-refractivity contribution in [2.75, 3.05) is 13.3 Å². The number of carbonyl (C=O) groups excluding carboxylic acids is 1. The quantitative estimate of drug-likeness (QED) is 0.655. The lowest BCUT2D eigenvalue weighted by Gasteiger charge is -2.21. The molecule has 0 saturated carbocycles. The van der Waals surface area contributed by atoms with Gasteiger partial charge in [0, 0.05) is 30.2 Å². The van der Waals surface area contributed by atoms with Crippen molar-refractivity contribution in [2.24, 2.45) is 0 Å². The molecule has 8 heteroatoms. The van der Waals surface area contributed by atoms with Crippen LogP contribution >= 0.6 is 0 Å². The number of amides is 1. The maximum atomic E-state index is 13.1. The zero-order valence-corrected chi connectivity index (χ0v) is 16.3. The van der Waals surface area contributed by atoms with Gasteiger partial charge < -0.3 is 23.4 Å². The van der Waals surface area contributed by atoms with Gasteiger partial charge in [-0.05, 0) is 31.0 Å². The average Bonchev–Trinajstić information content (AvgIpc) is 3.52. The summed E-state index contributed by atoms with van der Waals surface area (Å²) in [6.45, 7) is 4.96. The van der Waals surface area contributed by atoms with E-state index in [0.29, 0.717) is 23.8 Å². The Balaban J connectivity index is 1.37. The Morgan fingerprint density at radius 3 is 2.79 bits per heavy atom. The van der Waals surface area contributed by atoms with Crippen LogP contribution in [0.4, 0.5) is 0 Å². The first-order valence-corrected chi connectivity index (χ1v) is 9.74. The molecule has 8 nitrogen and oxygen atoms in total. The molecule has 0 radical (unpaired) electrons. The van der Waals surface area contributed by atoms with E-state index in [0.717, 1.165) is 29.9 Å². The highest BCUT2D eigenvalue weighted by atomic mass is 16.7. The minimum Gasteiger partial charge on any atom is -0.454 e. The normalized spacial score (nSPS) is 18.0. The minimum absolute atomic E-state index is 0.107. The molecule has 1 atom stereocenters. The van der Waals surface area contributed by atoms with Gasteiger partial charge in [0.1, 0.15) is 11.5 Å². The fraction of sp³-hybridized carbons (Fsp3) is 0.381. The molecule has 1 fully saturated rings. The van der Waals surface area contributed by atoms with Crippen molar-refractivity contribution in [3.63, 3.8) is 0 Å². The number of fused-ring (bicyclic) bond motifs is 1. The molecule has 1 saturated heterocycles. The summed E-state index contributed by atoms with van der Waals surface area (Å²) in [7, 11) is 0. The van der Waals surface area contributed by atoms with Gasteiger partial charge in [-0.1, -0.05) is 24.2 Å². The Labute approximate surface area is 167 Å². The number of rotatable bonds is 4. The number of hydrogen-bond donors (Lipinski definition) is 0. The van der Waals surface area contributed by atoms with Crippen LogP contribution in [0.2, 0.25) is 0 Å². The summed E-state index contributed by atoms with van der Waals surface area (Å²) in [5, 5.41) is 8.20. The third-order valence-corrected chi connectivity index (χ3v) is 5.36. The standard InChI is InChI=1S/C21H21N3O5/c1-12(2)18-9-14(22-28-18)16-4-3-7-24(16)21(25)15-10-19(29-23-15)13-5-6-17-20(8-13)27-11-26-17/h5-6,8-10,12,16H,3-4,7,11H2,1-2H3/t16-/m1/s1. The summed E-state index contributed by atoms with van der Waals surface area (Å²) in [6, 6.07) is 8.99. The number of benzene rings is 1. The molecular weight excluding hydrogens is 374 g/mol. The first kappa shape index (κ1) is 17.8. The van der Waals surface area contributed by atoms with Crippen LogP contribution in [-0.2, 0) is 0 Å². The Morgan fingerprint density at radius 2 is 1.97 bits per heavy atom. The van der Waals surface area contributed by atoms with Crippen molar-refractivity contribution in [2.45, 2.75) is 38.6 Å². The molecule has 0 N–H and O–H groups in total. The summed E-state index contributed by atoms with van der Waals surface area (Å²) in [5.74, 6) is 2.76. The van der Waals surface area contributed by atoms with Crippen LogP contribution in [0.15, 0.2) is 39.4 Å². The van der Waals surface area contributed by atoms with E-state index in [9.17, 15) is 4.79 Å². The Bertz CT molecular complexity index is 1050. The molecule has 5 rings (SSSR count). The lowest BCUT2D eigenvalue weighted by Crippen LogP contribution is -2.30. The number of ether oxygens (including phenoxy) is 2. The van der Waals surface area contributed by atoms with Crippen molar-refractivity contribution in [3.05, 3.63) is 47.5 Å². The number of aromatic nitrogens is 2. The lowest BCUT2D eigenvalue weighted by atomic mass is 10.1. The SMILES string of the molecule is CC(C)c1cc([C@H]2CCCN2C(=O)c2cc(-c3ccc4c(c3)OCO4)on2)no1. The van der Waals surface area contributed by atoms with E-state index in [-0.39, 0.29) is 30.4 Å². The van der Waals surface area contributed by atoms with Crippen molar-refractivity contribution in [1.82, 2.24) is 15.2 Å². The number of likely N-dealkylation sites (tertiary alicyclic amines) is 1. The van der Waals surface area contributed by atoms with Gasteiger partial charge in [-0.2, -0.15) is 0 Å². The summed E-state index contributed by atoms with van der Waals surface area (Å²) in [6.07, 6.45) is 1.76. The second kappa shape index (κ2) is 6.95. The van der Waals surface area contributed by atoms with Gasteiger partial charge in [0.15, 0.2) is 23.0 Å². The number of carbonyl (C=O) groups is 1. The Kier molecular flexibility index (Phi) is 4.26. The molecule has 1 amide bonds. The van der Waals surface area contributed by atoms with Crippen LogP contribution in [0.25, 0.3) is 11.3 Å². The molecule has 2 aliphatic rings. The van der Waals surface area contributed by atoms with E-state index in [1.165, 1.54) is 0 Å². The van der Waals surface area contributed by atoms with Crippen LogP contribution in [0.3, 0.4) is 0 Å². The number of hydrogen-bond acceptors (Lipinski definition) is 7. The van der Waals surface area contributed by atoms with E-state index in [1.54, 1.807) is 11.0 Å². The molecule has 29 heavy (non-hydrogen) atoms. The zero-order valence-electron chi connectivity index (χ0n) is 16.3. The first-order valence-electron chi connectivity index (χ1n) is 9.74. The Morgan fingerprint density at radius 1 is 1.10 bits per heavy atom. The highest BCUT2D eigenvalue weighted by Crippen LogP contribution is 2.37. The van der Waals surface area contributed by atoms with E-state index in [2.05, 4.69) is 24.2 Å². The topological polar surface area (TPSA) is 90.8 Å². The predicted octanol–water partition coefficient (Wildman–Crippen LogP) is 4.16. The molecule has 0 spiro atoms. The predicted molar refractivity (Wildman–Crippen MR) is 102 cm³/mol. The summed E-state index contributed by atoms with van der Waals surface area (Å²) < 4.78 is 21.6. The van der Waals surface area contributed by atoms with Crippen LogP contribution in [0.1, 0.15) is 60.6 Å². The van der Waals surface area contributed by atoms with Crippen LogP contribution in [0.5, 0.6) is 11.5 Å². The molecule has 150 valence electrons. The molecule has 0 aliphatic carbocycles. The van der Waals surface area contributed by atoms with Gasteiger partial charge in [-0.3, -0.25) is 4.79 Å². The molecule has 0 unspecified atom stereocenters. The molecule has 0 bridgehead atoms. The van der Waals surface area contributed by atoms with Crippen LogP contribution < -0.4 is 9.47 Å². The largest absolute Gasteiger partial charge is 0.454 e. The van der Waals surface area contributed by atoms with Gasteiger partial charge in [0.2, 0.25) is 6.79 Å². The van der Waals surface area contributed by atoms with Gasteiger partial charge >= 0.3 is 0 Å². The van der Waals surface area contributed by atoms with Gasteiger partial charge in [-0.25, -0.2) is 0 Å². The van der Waals surface area contributed by atoms with E-state index in [4.69, 9.17) is 18.5 Å². The van der Waals surface area contributed by atoms with Crippen LogP contribution in [-0.4, -0.2) is 34.5 Å². The smallest absolute Gasteiger partial charge is 0.276 e. The fourth-order valence-electron chi connectivity index (χ4n) is 3.76. The van der Waals surface area contributed by atoms with Crippen molar-refractivity contribution in [1.29, 1.82) is 0 Å². The van der Waals surface area contributed by atoms with E-state index in [1.807, 2.05) is 24.3 Å². The molecule has 2 aliphatic heterocycles. The summed E-state index contributed by atoms with van der Waals surface area (Å²) >= 11 is 0. The second-order valence-corrected chi connectivity index (χ2v) is 7.61. The second-order valence-electron chi connectivity index (χ2n) is 7.61. The monoisotopic (exact) mass is 395 g/mol. The maximum absolute atomic E-state index is 13.1. The number of nitrogens with zero attached hydrogens (tertiary/aromatic N) is 3. The van der Waals surface area contributed by atoms with Gasteiger partial charge in [-0.15, -0.1) is 0 Å². The summed E-state index contributed by atoms with van der Waals surface area (Å²) in [4.78, 5) is 14.9. The highest BCUT2D eigenvalue weighted by molar-refractivity contribution is 5.93. The summed E-state index contributed by atoms with van der Waals surface area (Å²) in [5.41, 5.74) is 1.84. The molecule has 1 aromatic carbocycles. The van der Waals surface area contributed by atoms with Crippen molar-refractivity contribution >= 4 is 5.91 Å². The van der Waals surface area contributed by atoms with Gasteiger partial charge in [0.05, 0.1) is 6.04 Å². The van der Waals surface area contributed by atoms with E-state index < -0.39 is 0 Å². The average molecular weight is 395 g/mol. The third kappa shape index (κ3) is 3.14. The molecule has 3 aromatic rings. The highest BCUT2D eigenvalue weighted by Gasteiger charge is 2.34. The van der Waals surface area contributed by atoms with Gasteiger partial charge in [0.25, 0.3) is 5.91 Å². The van der Waals surface area contributed by atoms with Crippen molar-refractivity contribution in [3.8, 4) is 22.8 Å². The molecular formula is C21H21N3O5. The first-order chi connectivity index (χ1) is 14.1. The molecule has 2 aromatic heterocycles. The third-order valence-electron chi connectivity index (χ3n) is 5.36. The molecule has 4 heterocycles. The van der Waals surface area contributed by atoms with Crippen LogP contribution in [0, 0.1) is 0 Å². The Hall–Kier alpha value is -3.29. The minimum atomic E-state index is -0.169.